The van der Waals surface area contributed by atoms with Crippen LogP contribution in [0.3, 0.4) is 0 Å². The highest BCUT2D eigenvalue weighted by Gasteiger charge is 2.32. The van der Waals surface area contributed by atoms with Gasteiger partial charge < -0.3 is 44.8 Å². The Hall–Kier alpha value is -6.23. The zero-order valence-corrected chi connectivity index (χ0v) is 42.7. The second kappa shape index (κ2) is 27.7. The number of nitrogens with two attached hydrogens (primary N) is 1. The van der Waals surface area contributed by atoms with Gasteiger partial charge in [-0.25, -0.2) is 4.39 Å². The molecular formula is C52H61ClFN9O9S. The van der Waals surface area contributed by atoms with Crippen molar-refractivity contribution in [3.63, 3.8) is 0 Å². The number of hydrogen-bond acceptors (Lipinski definition) is 14. The van der Waals surface area contributed by atoms with Crippen molar-refractivity contribution in [1.29, 1.82) is 0 Å². The van der Waals surface area contributed by atoms with Gasteiger partial charge in [0.1, 0.15) is 22.7 Å². The minimum Gasteiger partial charge on any atom is -0.377 e. The molecule has 0 bridgehead atoms. The molecule has 1 aliphatic rings. The molecule has 21 heteroatoms. The molecule has 4 heterocycles. The number of primary amides is 1. The van der Waals surface area contributed by atoms with E-state index in [2.05, 4.69) is 39.8 Å². The van der Waals surface area contributed by atoms with Gasteiger partial charge in [-0.05, 0) is 56.2 Å². The van der Waals surface area contributed by atoms with E-state index in [9.17, 15) is 14.4 Å². The molecule has 3 amide bonds. The van der Waals surface area contributed by atoms with Gasteiger partial charge in [0.25, 0.3) is 5.91 Å². The molecule has 1 aliphatic heterocycles. The van der Waals surface area contributed by atoms with Crippen molar-refractivity contribution in [3.8, 4) is 16.3 Å². The summed E-state index contributed by atoms with van der Waals surface area (Å²) in [6.45, 7) is 10.9. The fraction of sp³-hybridized carbons (Fsp3) is 0.404. The summed E-state index contributed by atoms with van der Waals surface area (Å²) in [6.07, 6.45) is 1.30. The second-order valence-corrected chi connectivity index (χ2v) is 18.5. The van der Waals surface area contributed by atoms with Crippen molar-refractivity contribution in [1.82, 2.24) is 35.2 Å². The van der Waals surface area contributed by atoms with Crippen molar-refractivity contribution in [3.05, 3.63) is 140 Å². The maximum atomic E-state index is 15.1. The van der Waals surface area contributed by atoms with Crippen molar-refractivity contribution >= 4 is 46.4 Å². The van der Waals surface area contributed by atoms with Crippen LogP contribution in [0.5, 0.6) is 0 Å². The highest BCUT2D eigenvalue weighted by Crippen LogP contribution is 2.39. The number of aryl methyl sites for hydroxylation is 2. The molecule has 0 aliphatic carbocycles. The molecule has 2 atom stereocenters. The zero-order chi connectivity index (χ0) is 51.5. The van der Waals surface area contributed by atoms with Gasteiger partial charge in [0.15, 0.2) is 5.82 Å². The van der Waals surface area contributed by atoms with E-state index in [1.54, 1.807) is 53.8 Å². The molecule has 388 valence electrons. The first-order valence-corrected chi connectivity index (χ1v) is 25.2. The van der Waals surface area contributed by atoms with E-state index in [-0.39, 0.29) is 48.7 Å². The van der Waals surface area contributed by atoms with Crippen LogP contribution in [0.25, 0.3) is 16.3 Å². The fourth-order valence-corrected chi connectivity index (χ4v) is 9.47. The van der Waals surface area contributed by atoms with Gasteiger partial charge >= 0.3 is 0 Å². The lowest BCUT2D eigenvalue weighted by Crippen LogP contribution is -2.32. The average molecular weight is 1040 g/mol. The van der Waals surface area contributed by atoms with Gasteiger partial charge in [0, 0.05) is 33.1 Å². The number of fused-ring (bicyclic) bond motifs is 3. The number of aromatic nitrogens is 5. The lowest BCUT2D eigenvalue weighted by molar-refractivity contribution is -0.122. The molecule has 73 heavy (non-hydrogen) atoms. The Morgan fingerprint density at radius 1 is 0.795 bits per heavy atom. The largest absolute Gasteiger partial charge is 0.377 e. The number of halogens is 2. The Kier molecular flexibility index (Phi) is 20.7. The van der Waals surface area contributed by atoms with E-state index in [4.69, 9.17) is 50.7 Å². The number of carbonyl (C=O) groups excluding carboxylic acids is 3. The first kappa shape index (κ1) is 54.5. The smallest absolute Gasteiger partial charge is 0.255 e. The van der Waals surface area contributed by atoms with Crippen LogP contribution >= 0.6 is 22.9 Å². The Labute approximate surface area is 432 Å². The lowest BCUT2D eigenvalue weighted by Gasteiger charge is -2.19. The number of nitrogens with one attached hydrogen (secondary N) is 2. The molecule has 0 fully saturated rings. The molecule has 0 spiro atoms. The van der Waals surface area contributed by atoms with Gasteiger partial charge in [-0.15, -0.1) is 21.5 Å². The summed E-state index contributed by atoms with van der Waals surface area (Å²) in [7, 11) is 0. The summed E-state index contributed by atoms with van der Waals surface area (Å²) in [5.41, 5.74) is 10.7. The maximum Gasteiger partial charge on any atom is 0.255 e. The maximum absolute atomic E-state index is 15.1. The first-order valence-electron chi connectivity index (χ1n) is 24.0. The average Bonchev–Trinajstić information content (AvgIpc) is 4.04. The third-order valence-corrected chi connectivity index (χ3v) is 13.1. The third kappa shape index (κ3) is 15.2. The summed E-state index contributed by atoms with van der Waals surface area (Å²) in [5, 5.41) is 20.5. The minimum atomic E-state index is -0.772. The van der Waals surface area contributed by atoms with Crippen LogP contribution in [0.4, 0.5) is 4.39 Å². The lowest BCUT2D eigenvalue weighted by atomic mass is 9.99. The van der Waals surface area contributed by atoms with Gasteiger partial charge in [-0.3, -0.25) is 28.6 Å². The molecule has 7 rings (SSSR count). The number of amides is 3. The van der Waals surface area contributed by atoms with Crippen LogP contribution in [-0.4, -0.2) is 134 Å². The zero-order valence-electron chi connectivity index (χ0n) is 41.2. The number of nitrogens with zero attached hydrogens (tertiary/aromatic N) is 6. The third-order valence-electron chi connectivity index (χ3n) is 11.7. The first-order chi connectivity index (χ1) is 35.5. The van der Waals surface area contributed by atoms with E-state index < -0.39 is 29.7 Å². The number of aliphatic imine (C=N–C) groups is 1. The van der Waals surface area contributed by atoms with E-state index in [1.165, 1.54) is 21.8 Å². The summed E-state index contributed by atoms with van der Waals surface area (Å²) in [6, 6.07) is 21.6. The quantitative estimate of drug-likeness (QED) is 0.0415. The van der Waals surface area contributed by atoms with Crippen molar-refractivity contribution in [2.24, 2.45) is 10.7 Å². The monoisotopic (exact) mass is 1040 g/mol. The Bertz CT molecular complexity index is 2800. The summed E-state index contributed by atoms with van der Waals surface area (Å²) >= 11 is 7.85. The van der Waals surface area contributed by atoms with Gasteiger partial charge in [0.05, 0.1) is 128 Å². The Morgan fingerprint density at radius 3 is 2.07 bits per heavy atom. The summed E-state index contributed by atoms with van der Waals surface area (Å²) < 4.78 is 52.5. The second-order valence-electron chi connectivity index (χ2n) is 16.9. The Balaban J connectivity index is 0.708. The molecule has 3 aromatic heterocycles. The number of carbonyl (C=O) groups is 3. The van der Waals surface area contributed by atoms with Crippen molar-refractivity contribution in [2.75, 3.05) is 85.8 Å². The van der Waals surface area contributed by atoms with E-state index in [1.807, 2.05) is 41.8 Å². The molecule has 6 aromatic rings. The SMILES string of the molecule is Cc1sc2c(c1C)C(c1ccccc1)=N[C@@H](CC(=O)NCCOCCOCCOCCOCCOCCOCCn1ncc(C(=O)N[C@@H](CC(N)=O)c3cccc(Cl)c3)c1-c1ccccc1F)c1nnc(C)n1-2. The van der Waals surface area contributed by atoms with Crippen LogP contribution in [0, 0.1) is 26.6 Å². The molecular weight excluding hydrogens is 981 g/mol. The van der Waals surface area contributed by atoms with Crippen molar-refractivity contribution < 1.29 is 47.2 Å². The number of rotatable bonds is 30. The van der Waals surface area contributed by atoms with Gasteiger partial charge in [0.2, 0.25) is 11.8 Å². The molecule has 0 unspecified atom stereocenters. The van der Waals surface area contributed by atoms with Crippen LogP contribution < -0.4 is 16.4 Å². The van der Waals surface area contributed by atoms with Crippen LogP contribution in [0.2, 0.25) is 5.02 Å². The fourth-order valence-electron chi connectivity index (χ4n) is 8.05. The predicted molar refractivity (Wildman–Crippen MR) is 274 cm³/mol. The number of thiophene rings is 1. The topological polar surface area (TPSA) is 218 Å². The Morgan fingerprint density at radius 2 is 1.42 bits per heavy atom. The molecule has 3 aromatic carbocycles. The van der Waals surface area contributed by atoms with E-state index in [0.29, 0.717) is 95.6 Å². The highest BCUT2D eigenvalue weighted by atomic mass is 35.5. The molecule has 0 saturated heterocycles. The number of benzene rings is 3. The minimum absolute atomic E-state index is 0.115. The molecule has 0 radical (unpaired) electrons. The van der Waals surface area contributed by atoms with E-state index >= 15 is 4.39 Å². The molecule has 0 saturated carbocycles. The molecule has 18 nitrogen and oxygen atoms in total. The molecule has 4 N–H and O–H groups in total. The standard InChI is InChI=1S/C52H61ClFN9O9S/c1-34-35(2)73-52-47(34)48(37-10-5-4-6-11-37)58-44(50-61-60-36(3)63(50)52)32-46(65)56-16-18-67-20-22-69-24-26-71-28-29-72-27-25-70-23-21-68-19-17-62-49(40-14-7-8-15-42(40)54)41(33-57-62)51(66)59-43(31-45(55)64)38-12-9-13-39(53)30-38/h4-15,30,33,43-44H,16-29,31-32H2,1-3H3,(H2,55,64)(H,56,65)(H,59,66)/t43-,44-/m0/s1. The van der Waals surface area contributed by atoms with Crippen LogP contribution in [0.15, 0.2) is 90.1 Å². The summed E-state index contributed by atoms with van der Waals surface area (Å²) in [4.78, 5) is 45.1. The van der Waals surface area contributed by atoms with Crippen LogP contribution in [-0.2, 0) is 44.6 Å². The van der Waals surface area contributed by atoms with E-state index in [0.717, 1.165) is 33.2 Å². The normalized spacial score (nSPS) is 13.5. The summed E-state index contributed by atoms with van der Waals surface area (Å²) in [5.74, 6) is -0.475. The van der Waals surface area contributed by atoms with Crippen LogP contribution in [0.1, 0.15) is 74.1 Å². The van der Waals surface area contributed by atoms with Crippen molar-refractivity contribution in [2.45, 2.75) is 52.2 Å². The number of ether oxygens (including phenoxy) is 6. The highest BCUT2D eigenvalue weighted by molar-refractivity contribution is 7.15. The van der Waals surface area contributed by atoms with Gasteiger partial charge in [-0.1, -0.05) is 66.2 Å². The van der Waals surface area contributed by atoms with Gasteiger partial charge in [-0.2, -0.15) is 5.10 Å². The number of hydrogen-bond donors (Lipinski definition) is 3. The predicted octanol–water partition coefficient (Wildman–Crippen LogP) is 6.45.